The van der Waals surface area contributed by atoms with Gasteiger partial charge in [0.2, 0.25) is 0 Å². The van der Waals surface area contributed by atoms with E-state index in [1.807, 2.05) is 17.9 Å². The van der Waals surface area contributed by atoms with Crippen LogP contribution >= 0.6 is 0 Å². The van der Waals surface area contributed by atoms with E-state index >= 15 is 0 Å². The number of hydrogen-bond donors (Lipinski definition) is 0. The van der Waals surface area contributed by atoms with E-state index in [-0.39, 0.29) is 5.91 Å². The second kappa shape index (κ2) is 9.75. The number of carbonyl (C=O) groups excluding carboxylic acids is 1. The van der Waals surface area contributed by atoms with Gasteiger partial charge in [0, 0.05) is 32.7 Å². The van der Waals surface area contributed by atoms with Crippen LogP contribution in [-0.2, 0) is 9.53 Å². The average Bonchev–Trinajstić information content (AvgIpc) is 2.68. The van der Waals surface area contributed by atoms with Gasteiger partial charge in [-0.05, 0) is 61.8 Å². The zero-order valence-corrected chi connectivity index (χ0v) is 17.9. The Labute approximate surface area is 170 Å². The number of benzene rings is 1. The van der Waals surface area contributed by atoms with E-state index in [2.05, 4.69) is 37.8 Å². The number of likely N-dealkylation sites (tertiary alicyclic amines) is 1. The summed E-state index contributed by atoms with van der Waals surface area (Å²) in [6.07, 6.45) is 1.83. The lowest BCUT2D eigenvalue weighted by molar-refractivity contribution is -0.140. The lowest BCUT2D eigenvalue weighted by atomic mass is 9.96. The highest BCUT2D eigenvalue weighted by atomic mass is 16.5. The number of carbonyl (C=O) groups is 1. The number of amides is 1. The van der Waals surface area contributed by atoms with Gasteiger partial charge >= 0.3 is 0 Å². The number of aryl methyl sites for hydroxylation is 1. The maximum Gasteiger partial charge on any atom is 0.263 e. The second-order valence-electron chi connectivity index (χ2n) is 8.64. The van der Waals surface area contributed by atoms with Gasteiger partial charge in [0.15, 0.2) is 6.10 Å². The summed E-state index contributed by atoms with van der Waals surface area (Å²) in [5.41, 5.74) is 2.55. The number of nitrogens with zero attached hydrogens (tertiary/aromatic N) is 2. The van der Waals surface area contributed by atoms with Gasteiger partial charge in [0.05, 0.1) is 13.2 Å². The second-order valence-corrected chi connectivity index (χ2v) is 8.64. The Morgan fingerprint density at radius 1 is 1.21 bits per heavy atom. The first-order valence-electron chi connectivity index (χ1n) is 10.8. The largest absolute Gasteiger partial charge is 0.481 e. The normalized spacial score (nSPS) is 22.3. The molecule has 2 heterocycles. The number of ether oxygens (including phenoxy) is 2. The smallest absolute Gasteiger partial charge is 0.263 e. The fourth-order valence-electron chi connectivity index (χ4n) is 4.44. The first-order chi connectivity index (χ1) is 13.4. The van der Waals surface area contributed by atoms with Gasteiger partial charge in [-0.1, -0.05) is 19.9 Å². The molecule has 2 aliphatic heterocycles. The Balaban J connectivity index is 1.54. The monoisotopic (exact) mass is 388 g/mol. The molecule has 2 aliphatic rings. The molecule has 0 spiro atoms. The van der Waals surface area contributed by atoms with Crippen molar-refractivity contribution in [3.05, 3.63) is 29.3 Å². The summed E-state index contributed by atoms with van der Waals surface area (Å²) < 4.78 is 11.5. The third kappa shape index (κ3) is 5.48. The summed E-state index contributed by atoms with van der Waals surface area (Å²) in [5, 5.41) is 0. The summed E-state index contributed by atoms with van der Waals surface area (Å²) in [4.78, 5) is 17.4. The van der Waals surface area contributed by atoms with Crippen molar-refractivity contribution in [2.75, 3.05) is 45.9 Å². The van der Waals surface area contributed by atoms with Gasteiger partial charge in [-0.25, -0.2) is 0 Å². The zero-order chi connectivity index (χ0) is 20.1. The van der Waals surface area contributed by atoms with E-state index in [1.54, 1.807) is 0 Å². The van der Waals surface area contributed by atoms with Gasteiger partial charge < -0.3 is 14.4 Å². The van der Waals surface area contributed by atoms with Crippen molar-refractivity contribution in [2.45, 2.75) is 52.6 Å². The molecule has 1 aromatic carbocycles. The topological polar surface area (TPSA) is 42.0 Å². The van der Waals surface area contributed by atoms with Gasteiger partial charge in [-0.3, -0.25) is 9.69 Å². The number of piperidine rings is 1. The Kier molecular flexibility index (Phi) is 7.36. The number of morpholine rings is 1. The van der Waals surface area contributed by atoms with E-state index in [9.17, 15) is 4.79 Å². The minimum absolute atomic E-state index is 0.109. The van der Waals surface area contributed by atoms with E-state index in [0.29, 0.717) is 11.8 Å². The van der Waals surface area contributed by atoms with Crippen LogP contribution in [0.3, 0.4) is 0 Å². The lowest BCUT2D eigenvalue weighted by Crippen LogP contribution is -2.49. The molecular formula is C23H36N2O3. The molecule has 0 unspecified atom stereocenters. The molecule has 156 valence electrons. The van der Waals surface area contributed by atoms with Gasteiger partial charge in [-0.15, -0.1) is 0 Å². The molecule has 1 amide bonds. The van der Waals surface area contributed by atoms with Crippen molar-refractivity contribution >= 4 is 5.91 Å². The summed E-state index contributed by atoms with van der Waals surface area (Å²) in [6, 6.07) is 6.16. The highest BCUT2D eigenvalue weighted by molar-refractivity contribution is 5.81. The third-order valence-corrected chi connectivity index (χ3v) is 5.97. The van der Waals surface area contributed by atoms with Crippen LogP contribution < -0.4 is 4.74 Å². The minimum Gasteiger partial charge on any atom is -0.481 e. The minimum atomic E-state index is -0.452. The van der Waals surface area contributed by atoms with Crippen LogP contribution in [0, 0.1) is 12.8 Å². The van der Waals surface area contributed by atoms with Crippen LogP contribution in [0.1, 0.15) is 50.7 Å². The van der Waals surface area contributed by atoms with E-state index < -0.39 is 6.10 Å². The number of rotatable bonds is 6. The SMILES string of the molecule is Cc1cc(O[C@@H](C)C(=O)N2CCC[C@H](CN3CCOCC3)C2)ccc1C(C)C. The van der Waals surface area contributed by atoms with Gasteiger partial charge in [0.25, 0.3) is 5.91 Å². The van der Waals surface area contributed by atoms with Crippen LogP contribution in [0.2, 0.25) is 0 Å². The highest BCUT2D eigenvalue weighted by Crippen LogP contribution is 2.25. The summed E-state index contributed by atoms with van der Waals surface area (Å²) >= 11 is 0. The summed E-state index contributed by atoms with van der Waals surface area (Å²) in [5.74, 6) is 1.93. The molecule has 0 radical (unpaired) electrons. The molecule has 28 heavy (non-hydrogen) atoms. The Bertz CT molecular complexity index is 655. The predicted octanol–water partition coefficient (Wildman–Crippen LogP) is 3.46. The van der Waals surface area contributed by atoms with Gasteiger partial charge in [0.1, 0.15) is 5.75 Å². The van der Waals surface area contributed by atoms with E-state index in [1.165, 1.54) is 17.5 Å². The summed E-state index contributed by atoms with van der Waals surface area (Å²) in [6.45, 7) is 14.8. The van der Waals surface area contributed by atoms with Crippen molar-refractivity contribution < 1.29 is 14.3 Å². The Hall–Kier alpha value is -1.59. The molecule has 2 fully saturated rings. The van der Waals surface area contributed by atoms with Crippen molar-refractivity contribution in [2.24, 2.45) is 5.92 Å². The first-order valence-corrected chi connectivity index (χ1v) is 10.8. The molecule has 5 heteroatoms. The third-order valence-electron chi connectivity index (χ3n) is 5.97. The Morgan fingerprint density at radius 2 is 1.96 bits per heavy atom. The fraction of sp³-hybridized carbons (Fsp3) is 0.696. The summed E-state index contributed by atoms with van der Waals surface area (Å²) in [7, 11) is 0. The maximum atomic E-state index is 13.0. The zero-order valence-electron chi connectivity index (χ0n) is 17.9. The van der Waals surface area contributed by atoms with Crippen molar-refractivity contribution in [1.82, 2.24) is 9.80 Å². The Morgan fingerprint density at radius 3 is 2.64 bits per heavy atom. The van der Waals surface area contributed by atoms with Gasteiger partial charge in [-0.2, -0.15) is 0 Å². The molecule has 2 atom stereocenters. The highest BCUT2D eigenvalue weighted by Gasteiger charge is 2.29. The lowest BCUT2D eigenvalue weighted by Gasteiger charge is -2.37. The predicted molar refractivity (Wildman–Crippen MR) is 112 cm³/mol. The fourth-order valence-corrected chi connectivity index (χ4v) is 4.44. The first kappa shape index (κ1) is 21.1. The van der Waals surface area contributed by atoms with Crippen LogP contribution in [0.15, 0.2) is 18.2 Å². The van der Waals surface area contributed by atoms with E-state index in [0.717, 1.165) is 58.1 Å². The molecule has 0 bridgehead atoms. The van der Waals surface area contributed by atoms with Crippen LogP contribution in [0.5, 0.6) is 5.75 Å². The molecule has 0 N–H and O–H groups in total. The standard InChI is InChI=1S/C23H36N2O3/c1-17(2)22-8-7-21(14-18(22)3)28-19(4)23(26)25-9-5-6-20(16-25)15-24-10-12-27-13-11-24/h7-8,14,17,19-20H,5-6,9-13,15-16H2,1-4H3/t19-,20+/m0/s1. The quantitative estimate of drug-likeness (QED) is 0.748. The maximum absolute atomic E-state index is 13.0. The van der Waals surface area contributed by atoms with Crippen molar-refractivity contribution in [3.63, 3.8) is 0 Å². The molecule has 1 aromatic rings. The average molecular weight is 389 g/mol. The van der Waals surface area contributed by atoms with Crippen LogP contribution in [0.4, 0.5) is 0 Å². The van der Waals surface area contributed by atoms with Crippen LogP contribution in [-0.4, -0.2) is 67.7 Å². The van der Waals surface area contributed by atoms with Crippen LogP contribution in [0.25, 0.3) is 0 Å². The van der Waals surface area contributed by atoms with Crippen molar-refractivity contribution in [1.29, 1.82) is 0 Å². The van der Waals surface area contributed by atoms with E-state index in [4.69, 9.17) is 9.47 Å². The number of hydrogen-bond acceptors (Lipinski definition) is 4. The molecule has 0 aliphatic carbocycles. The molecule has 0 saturated carbocycles. The van der Waals surface area contributed by atoms with Crippen molar-refractivity contribution in [3.8, 4) is 5.75 Å². The molecule has 0 aromatic heterocycles. The molecule has 5 nitrogen and oxygen atoms in total. The molecule has 2 saturated heterocycles. The molecular weight excluding hydrogens is 352 g/mol. The molecule has 3 rings (SSSR count).